The summed E-state index contributed by atoms with van der Waals surface area (Å²) in [6, 6.07) is 15.4. The normalized spacial score (nSPS) is 17.6. The van der Waals surface area contributed by atoms with E-state index in [9.17, 15) is 4.79 Å². The first-order chi connectivity index (χ1) is 12.0. The molecular weight excluding hydrogens is 354 g/mol. The Morgan fingerprint density at radius 2 is 1.80 bits per heavy atom. The summed E-state index contributed by atoms with van der Waals surface area (Å²) in [5, 5.41) is 1.18. The number of para-hydroxylation sites is 1. The Kier molecular flexibility index (Phi) is 5.16. The first-order valence-corrected chi connectivity index (χ1v) is 8.93. The van der Waals surface area contributed by atoms with Gasteiger partial charge in [0.1, 0.15) is 0 Å². The van der Waals surface area contributed by atoms with Crippen molar-refractivity contribution in [2.45, 2.75) is 0 Å². The zero-order valence-electron chi connectivity index (χ0n) is 14.2. The molecule has 2 aromatic rings. The van der Waals surface area contributed by atoms with Crippen LogP contribution < -0.4 is 4.90 Å². The lowest BCUT2D eigenvalue weighted by Gasteiger charge is -2.11. The minimum Gasteiger partial charge on any atom is -0.378 e. The Morgan fingerprint density at radius 1 is 1.12 bits per heavy atom. The lowest BCUT2D eigenvalue weighted by atomic mass is 10.2. The van der Waals surface area contributed by atoms with Crippen LogP contribution in [0.5, 0.6) is 0 Å². The van der Waals surface area contributed by atoms with Gasteiger partial charge in [-0.1, -0.05) is 35.9 Å². The van der Waals surface area contributed by atoms with Crippen molar-refractivity contribution in [3.63, 3.8) is 0 Å². The van der Waals surface area contributed by atoms with E-state index in [1.165, 1.54) is 11.8 Å². The smallest absolute Gasteiger partial charge is 0.266 e. The lowest BCUT2D eigenvalue weighted by molar-refractivity contribution is -0.121. The molecule has 0 spiro atoms. The third-order valence-corrected chi connectivity index (χ3v) is 5.16. The van der Waals surface area contributed by atoms with Gasteiger partial charge in [-0.25, -0.2) is 4.99 Å². The van der Waals surface area contributed by atoms with E-state index >= 15 is 0 Å². The molecule has 6 heteroatoms. The SMILES string of the molecule is CN1C(=O)/C(=C\c2ccc(N(C)C)cc2)SC1=Nc1ccccc1Cl. The summed E-state index contributed by atoms with van der Waals surface area (Å²) in [6.07, 6.45) is 1.89. The van der Waals surface area contributed by atoms with E-state index in [4.69, 9.17) is 11.6 Å². The molecule has 0 atom stereocenters. The lowest BCUT2D eigenvalue weighted by Crippen LogP contribution is -2.23. The van der Waals surface area contributed by atoms with Gasteiger partial charge in [0.2, 0.25) is 0 Å². The number of aliphatic imine (C=N–C) groups is 1. The maximum absolute atomic E-state index is 12.5. The molecule has 25 heavy (non-hydrogen) atoms. The Morgan fingerprint density at radius 3 is 2.44 bits per heavy atom. The zero-order chi connectivity index (χ0) is 18.0. The van der Waals surface area contributed by atoms with Crippen molar-refractivity contribution in [2.75, 3.05) is 26.0 Å². The molecule has 1 saturated heterocycles. The standard InChI is InChI=1S/C19H18ClN3OS/c1-22(2)14-10-8-13(9-11-14)12-17-18(24)23(3)19(25-17)21-16-7-5-4-6-15(16)20/h4-12H,1-3H3/b17-12+,21-19?. The van der Waals surface area contributed by atoms with Crippen LogP contribution in [0, 0.1) is 0 Å². The average molecular weight is 372 g/mol. The van der Waals surface area contributed by atoms with Crippen LogP contribution in [0.15, 0.2) is 58.4 Å². The number of carbonyl (C=O) groups excluding carboxylic acids is 1. The molecule has 0 aliphatic carbocycles. The van der Waals surface area contributed by atoms with Crippen LogP contribution in [0.1, 0.15) is 5.56 Å². The maximum Gasteiger partial charge on any atom is 0.266 e. The van der Waals surface area contributed by atoms with Crippen molar-refractivity contribution in [3.05, 3.63) is 64.0 Å². The number of anilines is 1. The minimum atomic E-state index is -0.0625. The van der Waals surface area contributed by atoms with E-state index in [1.54, 1.807) is 18.0 Å². The fraction of sp³-hybridized carbons (Fsp3) is 0.158. The van der Waals surface area contributed by atoms with Gasteiger partial charge < -0.3 is 4.90 Å². The van der Waals surface area contributed by atoms with E-state index in [0.29, 0.717) is 20.8 Å². The van der Waals surface area contributed by atoms with Crippen LogP contribution in [0.4, 0.5) is 11.4 Å². The average Bonchev–Trinajstić information content (AvgIpc) is 2.85. The summed E-state index contributed by atoms with van der Waals surface area (Å²) < 4.78 is 0. The predicted molar refractivity (Wildman–Crippen MR) is 108 cm³/mol. The quantitative estimate of drug-likeness (QED) is 0.737. The number of amides is 1. The molecule has 0 radical (unpaired) electrons. The largest absolute Gasteiger partial charge is 0.378 e. The van der Waals surface area contributed by atoms with Gasteiger partial charge in [0.15, 0.2) is 5.17 Å². The van der Waals surface area contributed by atoms with Crippen molar-refractivity contribution in [1.82, 2.24) is 4.90 Å². The van der Waals surface area contributed by atoms with Crippen LogP contribution in [0.25, 0.3) is 6.08 Å². The molecule has 0 saturated carbocycles. The highest BCUT2D eigenvalue weighted by molar-refractivity contribution is 8.18. The topological polar surface area (TPSA) is 35.9 Å². The summed E-state index contributed by atoms with van der Waals surface area (Å²) in [6.45, 7) is 0. The number of halogens is 1. The fourth-order valence-electron chi connectivity index (χ4n) is 2.32. The highest BCUT2D eigenvalue weighted by Gasteiger charge is 2.30. The number of likely N-dealkylation sites (N-methyl/N-ethyl adjacent to an activating group) is 1. The van der Waals surface area contributed by atoms with E-state index in [2.05, 4.69) is 4.99 Å². The molecule has 3 rings (SSSR count). The number of amidine groups is 1. The van der Waals surface area contributed by atoms with E-state index in [0.717, 1.165) is 11.3 Å². The highest BCUT2D eigenvalue weighted by atomic mass is 35.5. The molecule has 0 N–H and O–H groups in total. The summed E-state index contributed by atoms with van der Waals surface area (Å²) >= 11 is 7.51. The number of hydrogen-bond donors (Lipinski definition) is 0. The molecule has 2 aromatic carbocycles. The van der Waals surface area contributed by atoms with Crippen molar-refractivity contribution in [1.29, 1.82) is 0 Å². The molecule has 1 amide bonds. The van der Waals surface area contributed by atoms with Gasteiger partial charge in [0, 0.05) is 26.8 Å². The minimum absolute atomic E-state index is 0.0625. The van der Waals surface area contributed by atoms with Crippen molar-refractivity contribution >= 4 is 51.9 Å². The van der Waals surface area contributed by atoms with Gasteiger partial charge in [0.25, 0.3) is 5.91 Å². The number of thioether (sulfide) groups is 1. The Bertz CT molecular complexity index is 859. The molecule has 1 heterocycles. The summed E-state index contributed by atoms with van der Waals surface area (Å²) in [5.41, 5.74) is 2.75. The van der Waals surface area contributed by atoms with Gasteiger partial charge in [-0.3, -0.25) is 9.69 Å². The zero-order valence-corrected chi connectivity index (χ0v) is 15.8. The molecule has 0 unspecified atom stereocenters. The predicted octanol–water partition coefficient (Wildman–Crippen LogP) is 4.64. The second-order valence-corrected chi connectivity index (χ2v) is 7.22. The molecule has 0 aromatic heterocycles. The van der Waals surface area contributed by atoms with Crippen molar-refractivity contribution in [2.24, 2.45) is 4.99 Å². The monoisotopic (exact) mass is 371 g/mol. The van der Waals surface area contributed by atoms with Crippen LogP contribution in [-0.4, -0.2) is 37.1 Å². The van der Waals surface area contributed by atoms with E-state index in [-0.39, 0.29) is 5.91 Å². The van der Waals surface area contributed by atoms with Crippen LogP contribution in [0.3, 0.4) is 0 Å². The number of carbonyl (C=O) groups is 1. The Labute approximate surface area is 156 Å². The van der Waals surface area contributed by atoms with Gasteiger partial charge in [-0.05, 0) is 47.7 Å². The van der Waals surface area contributed by atoms with Crippen LogP contribution >= 0.6 is 23.4 Å². The van der Waals surface area contributed by atoms with Gasteiger partial charge in [-0.15, -0.1) is 0 Å². The number of nitrogens with zero attached hydrogens (tertiary/aromatic N) is 3. The third kappa shape index (κ3) is 3.89. The highest BCUT2D eigenvalue weighted by Crippen LogP contribution is 2.34. The second kappa shape index (κ2) is 7.33. The molecule has 128 valence electrons. The Balaban J connectivity index is 1.87. The summed E-state index contributed by atoms with van der Waals surface area (Å²) in [4.78, 5) is 21.2. The third-order valence-electron chi connectivity index (χ3n) is 3.78. The molecule has 1 aliphatic rings. The molecule has 0 bridgehead atoms. The van der Waals surface area contributed by atoms with Crippen molar-refractivity contribution in [3.8, 4) is 0 Å². The van der Waals surface area contributed by atoms with E-state index < -0.39 is 0 Å². The Hall–Kier alpha value is -2.24. The number of hydrogen-bond acceptors (Lipinski definition) is 4. The first kappa shape index (κ1) is 17.6. The van der Waals surface area contributed by atoms with Crippen LogP contribution in [0.2, 0.25) is 5.02 Å². The molecule has 1 aliphatic heterocycles. The summed E-state index contributed by atoms with van der Waals surface area (Å²) in [7, 11) is 5.72. The maximum atomic E-state index is 12.5. The van der Waals surface area contributed by atoms with Crippen molar-refractivity contribution < 1.29 is 4.79 Å². The van der Waals surface area contributed by atoms with E-state index in [1.807, 2.05) is 67.5 Å². The molecule has 1 fully saturated rings. The van der Waals surface area contributed by atoms with Gasteiger partial charge in [-0.2, -0.15) is 0 Å². The number of benzene rings is 2. The fourth-order valence-corrected chi connectivity index (χ4v) is 3.47. The van der Waals surface area contributed by atoms with Crippen LogP contribution in [-0.2, 0) is 4.79 Å². The summed E-state index contributed by atoms with van der Waals surface area (Å²) in [5.74, 6) is -0.0625. The number of rotatable bonds is 3. The first-order valence-electron chi connectivity index (χ1n) is 7.74. The van der Waals surface area contributed by atoms with Gasteiger partial charge >= 0.3 is 0 Å². The molecular formula is C19H18ClN3OS. The second-order valence-electron chi connectivity index (χ2n) is 5.81. The molecule has 4 nitrogen and oxygen atoms in total. The van der Waals surface area contributed by atoms with Gasteiger partial charge in [0.05, 0.1) is 15.6 Å².